The number of ether oxygens (including phenoxy) is 1. The van der Waals surface area contributed by atoms with Crippen molar-refractivity contribution >= 4 is 29.1 Å². The second kappa shape index (κ2) is 8.74. The molecule has 5 heteroatoms. The summed E-state index contributed by atoms with van der Waals surface area (Å²) in [4.78, 5) is 4.33. The van der Waals surface area contributed by atoms with E-state index in [1.54, 1.807) is 6.20 Å². The number of thiol groups is 1. The van der Waals surface area contributed by atoms with Gasteiger partial charge in [-0.3, -0.25) is 0 Å². The number of nitrogens with zero attached hydrogens (tertiary/aromatic N) is 1. The fraction of sp³-hybridized carbons (Fsp3) is 0.250. The number of anilines is 1. The minimum absolute atomic E-state index is 0.00734. The molecule has 0 aliphatic heterocycles. The average Bonchev–Trinajstić information content (AvgIpc) is 2.67. The molecule has 3 rings (SSSR count). The molecule has 0 spiro atoms. The van der Waals surface area contributed by atoms with Crippen LogP contribution >= 0.6 is 12.6 Å². The molecule has 0 bridgehead atoms. The van der Waals surface area contributed by atoms with Crippen LogP contribution in [0.5, 0.6) is 5.88 Å². The number of fused-ring (bicyclic) bond motifs is 1. The van der Waals surface area contributed by atoms with Gasteiger partial charge in [-0.05, 0) is 28.5 Å². The van der Waals surface area contributed by atoms with E-state index in [-0.39, 0.29) is 6.04 Å². The van der Waals surface area contributed by atoms with Gasteiger partial charge < -0.3 is 15.8 Å². The number of hydrogen-bond acceptors (Lipinski definition) is 5. The van der Waals surface area contributed by atoms with Crippen LogP contribution in [0.1, 0.15) is 5.56 Å². The van der Waals surface area contributed by atoms with E-state index in [2.05, 4.69) is 65.4 Å². The predicted molar refractivity (Wildman–Crippen MR) is 108 cm³/mol. The third kappa shape index (κ3) is 4.65. The quantitative estimate of drug-likeness (QED) is 0.542. The van der Waals surface area contributed by atoms with E-state index >= 15 is 0 Å². The zero-order valence-corrected chi connectivity index (χ0v) is 15.0. The number of rotatable bonds is 8. The van der Waals surface area contributed by atoms with Crippen LogP contribution < -0.4 is 15.8 Å². The summed E-state index contributed by atoms with van der Waals surface area (Å²) in [5, 5.41) is 5.80. The van der Waals surface area contributed by atoms with Gasteiger partial charge >= 0.3 is 0 Å². The number of hydrogen-bond donors (Lipinski definition) is 3. The molecule has 1 unspecified atom stereocenters. The van der Waals surface area contributed by atoms with Gasteiger partial charge in [0, 0.05) is 31.0 Å². The Bertz CT molecular complexity index is 819. The Hall–Kier alpha value is -2.24. The zero-order valence-electron chi connectivity index (χ0n) is 14.1. The lowest BCUT2D eigenvalue weighted by Crippen LogP contribution is -2.30. The summed E-state index contributed by atoms with van der Waals surface area (Å²) in [6.45, 7) is 1.20. The van der Waals surface area contributed by atoms with Crippen molar-refractivity contribution in [2.75, 3.05) is 24.2 Å². The molecule has 0 saturated carbocycles. The van der Waals surface area contributed by atoms with Gasteiger partial charge in [-0.15, -0.1) is 0 Å². The van der Waals surface area contributed by atoms with Crippen molar-refractivity contribution in [3.63, 3.8) is 0 Å². The smallest absolute Gasteiger partial charge is 0.237 e. The SMILES string of the molecule is NC(CS)CNc1cccnc1OCCc1cccc2ccccc12. The van der Waals surface area contributed by atoms with Gasteiger partial charge in [-0.1, -0.05) is 42.5 Å². The van der Waals surface area contributed by atoms with Crippen molar-refractivity contribution in [2.45, 2.75) is 12.5 Å². The lowest BCUT2D eigenvalue weighted by molar-refractivity contribution is 0.311. The number of benzene rings is 2. The van der Waals surface area contributed by atoms with Gasteiger partial charge in [0.05, 0.1) is 12.3 Å². The Balaban J connectivity index is 1.64. The highest BCUT2D eigenvalue weighted by Crippen LogP contribution is 2.22. The summed E-state index contributed by atoms with van der Waals surface area (Å²) in [6.07, 6.45) is 2.56. The summed E-state index contributed by atoms with van der Waals surface area (Å²) in [7, 11) is 0. The molecule has 0 fully saturated rings. The fourth-order valence-electron chi connectivity index (χ4n) is 2.71. The van der Waals surface area contributed by atoms with E-state index in [9.17, 15) is 0 Å². The van der Waals surface area contributed by atoms with E-state index < -0.39 is 0 Å². The number of aromatic nitrogens is 1. The fourth-order valence-corrected chi connectivity index (χ4v) is 2.84. The average molecular weight is 353 g/mol. The molecule has 4 nitrogen and oxygen atoms in total. The molecule has 1 heterocycles. The van der Waals surface area contributed by atoms with Gasteiger partial charge in [-0.2, -0.15) is 12.6 Å². The second-order valence-electron chi connectivity index (χ2n) is 5.92. The molecule has 0 aliphatic rings. The number of pyridine rings is 1. The monoisotopic (exact) mass is 353 g/mol. The minimum atomic E-state index is -0.00734. The normalized spacial score (nSPS) is 12.1. The third-order valence-electron chi connectivity index (χ3n) is 4.05. The van der Waals surface area contributed by atoms with Crippen LogP contribution in [-0.4, -0.2) is 29.9 Å². The Morgan fingerprint density at radius 2 is 1.92 bits per heavy atom. The highest BCUT2D eigenvalue weighted by molar-refractivity contribution is 7.80. The summed E-state index contributed by atoms with van der Waals surface area (Å²) >= 11 is 4.20. The Kier molecular flexibility index (Phi) is 6.14. The Labute approximate surface area is 153 Å². The van der Waals surface area contributed by atoms with Crippen LogP contribution in [-0.2, 0) is 6.42 Å². The lowest BCUT2D eigenvalue weighted by atomic mass is 10.0. The van der Waals surface area contributed by atoms with Crippen molar-refractivity contribution in [3.05, 3.63) is 66.4 Å². The molecule has 0 aliphatic carbocycles. The van der Waals surface area contributed by atoms with E-state index in [1.807, 2.05) is 12.1 Å². The largest absolute Gasteiger partial charge is 0.476 e. The number of nitrogens with two attached hydrogens (primary N) is 1. The molecule has 130 valence electrons. The van der Waals surface area contributed by atoms with Gasteiger partial charge in [0.15, 0.2) is 0 Å². The highest BCUT2D eigenvalue weighted by atomic mass is 32.1. The van der Waals surface area contributed by atoms with Crippen molar-refractivity contribution in [3.8, 4) is 5.88 Å². The molecule has 0 amide bonds. The van der Waals surface area contributed by atoms with E-state index in [0.717, 1.165) is 12.1 Å². The molecule has 1 atom stereocenters. The first-order valence-electron chi connectivity index (χ1n) is 8.42. The standard InChI is InChI=1S/C20H23N3OS/c21-17(14-25)13-23-19-9-4-11-22-20(19)24-12-10-16-7-3-6-15-5-1-2-8-18(15)16/h1-9,11,17,23,25H,10,12-14,21H2. The van der Waals surface area contributed by atoms with Crippen LogP contribution in [0.25, 0.3) is 10.8 Å². The van der Waals surface area contributed by atoms with Crippen LogP contribution in [0, 0.1) is 0 Å². The van der Waals surface area contributed by atoms with Gasteiger partial charge in [0.25, 0.3) is 0 Å². The van der Waals surface area contributed by atoms with Gasteiger partial charge in [0.1, 0.15) is 0 Å². The number of nitrogens with one attached hydrogen (secondary N) is 1. The molecule has 0 saturated heterocycles. The lowest BCUT2D eigenvalue weighted by Gasteiger charge is -2.14. The van der Waals surface area contributed by atoms with Crippen LogP contribution in [0.3, 0.4) is 0 Å². The molecule has 3 N–H and O–H groups in total. The topological polar surface area (TPSA) is 60.2 Å². The maximum Gasteiger partial charge on any atom is 0.237 e. The minimum Gasteiger partial charge on any atom is -0.476 e. The molecule has 3 aromatic rings. The van der Waals surface area contributed by atoms with Crippen molar-refractivity contribution in [2.24, 2.45) is 5.73 Å². The summed E-state index contributed by atoms with van der Waals surface area (Å²) < 4.78 is 5.92. The first-order chi connectivity index (χ1) is 12.3. The van der Waals surface area contributed by atoms with E-state index in [0.29, 0.717) is 24.8 Å². The molecule has 2 aromatic carbocycles. The highest BCUT2D eigenvalue weighted by Gasteiger charge is 2.07. The maximum absolute atomic E-state index is 5.92. The van der Waals surface area contributed by atoms with E-state index in [1.165, 1.54) is 16.3 Å². The van der Waals surface area contributed by atoms with Crippen LogP contribution in [0.2, 0.25) is 0 Å². The summed E-state index contributed by atoms with van der Waals surface area (Å²) in [5.41, 5.74) is 8.04. The first kappa shape index (κ1) is 17.6. The van der Waals surface area contributed by atoms with Gasteiger partial charge in [0.2, 0.25) is 5.88 Å². The third-order valence-corrected chi connectivity index (χ3v) is 4.52. The second-order valence-corrected chi connectivity index (χ2v) is 6.28. The predicted octanol–water partition coefficient (Wildman–Crippen LogP) is 3.53. The molecule has 25 heavy (non-hydrogen) atoms. The zero-order chi connectivity index (χ0) is 17.5. The van der Waals surface area contributed by atoms with Crippen molar-refractivity contribution in [1.29, 1.82) is 0 Å². The Morgan fingerprint density at radius 3 is 2.80 bits per heavy atom. The summed E-state index contributed by atoms with van der Waals surface area (Å²) in [6, 6.07) is 18.6. The van der Waals surface area contributed by atoms with Gasteiger partial charge in [-0.25, -0.2) is 4.98 Å². The van der Waals surface area contributed by atoms with Crippen LogP contribution in [0.15, 0.2) is 60.8 Å². The molecule has 0 radical (unpaired) electrons. The molecular formula is C20H23N3OS. The Morgan fingerprint density at radius 1 is 1.08 bits per heavy atom. The molecular weight excluding hydrogens is 330 g/mol. The molecule has 1 aromatic heterocycles. The maximum atomic E-state index is 5.92. The summed E-state index contributed by atoms with van der Waals surface area (Å²) in [5.74, 6) is 1.24. The van der Waals surface area contributed by atoms with Crippen LogP contribution in [0.4, 0.5) is 5.69 Å². The first-order valence-corrected chi connectivity index (χ1v) is 9.06. The van der Waals surface area contributed by atoms with E-state index in [4.69, 9.17) is 10.5 Å². The van der Waals surface area contributed by atoms with Crippen molar-refractivity contribution in [1.82, 2.24) is 4.98 Å². The van der Waals surface area contributed by atoms with Crippen molar-refractivity contribution < 1.29 is 4.74 Å².